The molecule has 0 spiro atoms. The van der Waals surface area contributed by atoms with Crippen LogP contribution in [0.15, 0.2) is 29.2 Å². The topological polar surface area (TPSA) is 46.2 Å². The van der Waals surface area contributed by atoms with E-state index in [1.165, 1.54) is 0 Å². The van der Waals surface area contributed by atoms with Crippen molar-refractivity contribution in [2.24, 2.45) is 0 Å². The van der Waals surface area contributed by atoms with Crippen LogP contribution in [0.1, 0.15) is 20.3 Å². The Morgan fingerprint density at radius 2 is 1.82 bits per heavy atom. The maximum absolute atomic E-state index is 11.9. The number of hydrogen-bond acceptors (Lipinski definition) is 3. The molecule has 5 heteroatoms. The first-order valence-electron chi connectivity index (χ1n) is 5.63. The van der Waals surface area contributed by atoms with Gasteiger partial charge < -0.3 is 5.32 Å². The zero-order valence-corrected chi connectivity index (χ0v) is 11.7. The van der Waals surface area contributed by atoms with Crippen molar-refractivity contribution >= 4 is 21.4 Å². The van der Waals surface area contributed by atoms with E-state index in [0.29, 0.717) is 28.9 Å². The van der Waals surface area contributed by atoms with Crippen molar-refractivity contribution in [3.63, 3.8) is 0 Å². The van der Waals surface area contributed by atoms with Crippen molar-refractivity contribution in [3.05, 3.63) is 29.3 Å². The second-order valence-corrected chi connectivity index (χ2v) is 6.78. The van der Waals surface area contributed by atoms with E-state index in [4.69, 9.17) is 11.6 Å². The molecule has 0 radical (unpaired) electrons. The summed E-state index contributed by atoms with van der Waals surface area (Å²) in [6.45, 7) is 4.78. The van der Waals surface area contributed by atoms with Gasteiger partial charge in [-0.15, -0.1) is 0 Å². The monoisotopic (exact) mass is 275 g/mol. The quantitative estimate of drug-likeness (QED) is 0.812. The number of nitrogens with one attached hydrogen (secondary N) is 1. The van der Waals surface area contributed by atoms with Gasteiger partial charge in [0.05, 0.1) is 10.6 Å². The molecule has 0 amide bonds. The Morgan fingerprint density at radius 3 is 2.35 bits per heavy atom. The first-order valence-corrected chi connectivity index (χ1v) is 7.66. The Labute approximate surface area is 108 Å². The van der Waals surface area contributed by atoms with Crippen LogP contribution in [0.4, 0.5) is 0 Å². The second kappa shape index (κ2) is 6.38. The Hall–Kier alpha value is -0.580. The maximum atomic E-state index is 11.9. The van der Waals surface area contributed by atoms with Crippen LogP contribution in [0.5, 0.6) is 0 Å². The van der Waals surface area contributed by atoms with Gasteiger partial charge in [-0.2, -0.15) is 0 Å². The molecule has 1 aromatic carbocycles. The third-order valence-corrected chi connectivity index (χ3v) is 4.38. The van der Waals surface area contributed by atoms with E-state index < -0.39 is 9.84 Å². The molecule has 0 atom stereocenters. The highest BCUT2D eigenvalue weighted by Crippen LogP contribution is 2.15. The van der Waals surface area contributed by atoms with Crippen LogP contribution in [-0.4, -0.2) is 26.8 Å². The molecule has 0 aliphatic carbocycles. The molecule has 0 fully saturated rings. The molecule has 0 saturated carbocycles. The van der Waals surface area contributed by atoms with Gasteiger partial charge in [-0.1, -0.05) is 25.4 Å². The van der Waals surface area contributed by atoms with Crippen molar-refractivity contribution < 1.29 is 8.42 Å². The standard InChI is InChI=1S/C12H18ClNO2S/c1-10(2)14-8-3-9-17(15,16)12-6-4-11(13)5-7-12/h4-7,10,14H,3,8-9H2,1-2H3. The Balaban J connectivity index is 2.54. The second-order valence-electron chi connectivity index (χ2n) is 4.24. The third kappa shape index (κ3) is 5.06. The third-order valence-electron chi connectivity index (χ3n) is 2.32. The van der Waals surface area contributed by atoms with Gasteiger partial charge in [-0.05, 0) is 37.2 Å². The molecule has 0 aliphatic rings. The zero-order valence-electron chi connectivity index (χ0n) is 10.1. The van der Waals surface area contributed by atoms with Crippen LogP contribution in [-0.2, 0) is 9.84 Å². The molecule has 3 nitrogen and oxygen atoms in total. The van der Waals surface area contributed by atoms with Gasteiger partial charge in [0.2, 0.25) is 0 Å². The van der Waals surface area contributed by atoms with Crippen molar-refractivity contribution in [2.75, 3.05) is 12.3 Å². The predicted octanol–water partition coefficient (Wildman–Crippen LogP) is 2.50. The molecule has 0 aromatic heterocycles. The fraction of sp³-hybridized carbons (Fsp3) is 0.500. The summed E-state index contributed by atoms with van der Waals surface area (Å²) in [7, 11) is -3.17. The van der Waals surface area contributed by atoms with Gasteiger partial charge in [0.1, 0.15) is 0 Å². The lowest BCUT2D eigenvalue weighted by Crippen LogP contribution is -2.25. The summed E-state index contributed by atoms with van der Waals surface area (Å²) in [6.07, 6.45) is 0.614. The van der Waals surface area contributed by atoms with E-state index in [1.54, 1.807) is 24.3 Å². The van der Waals surface area contributed by atoms with Crippen LogP contribution in [0.25, 0.3) is 0 Å². The molecule has 0 saturated heterocycles. The largest absolute Gasteiger partial charge is 0.314 e. The number of halogens is 1. The minimum Gasteiger partial charge on any atom is -0.314 e. The van der Waals surface area contributed by atoms with E-state index in [1.807, 2.05) is 13.8 Å². The van der Waals surface area contributed by atoms with Gasteiger partial charge in [0.25, 0.3) is 0 Å². The smallest absolute Gasteiger partial charge is 0.178 e. The van der Waals surface area contributed by atoms with Crippen LogP contribution >= 0.6 is 11.6 Å². The molecule has 1 N–H and O–H groups in total. The SMILES string of the molecule is CC(C)NCCCS(=O)(=O)c1ccc(Cl)cc1. The minimum absolute atomic E-state index is 0.161. The van der Waals surface area contributed by atoms with E-state index in [0.717, 1.165) is 0 Å². The van der Waals surface area contributed by atoms with Crippen molar-refractivity contribution in [3.8, 4) is 0 Å². The maximum Gasteiger partial charge on any atom is 0.178 e. The number of rotatable bonds is 6. The highest BCUT2D eigenvalue weighted by atomic mass is 35.5. The fourth-order valence-electron chi connectivity index (χ4n) is 1.41. The normalized spacial score (nSPS) is 12.0. The van der Waals surface area contributed by atoms with Crippen LogP contribution < -0.4 is 5.32 Å². The number of sulfone groups is 1. The lowest BCUT2D eigenvalue weighted by atomic mass is 10.4. The van der Waals surface area contributed by atoms with Crippen molar-refractivity contribution in [2.45, 2.75) is 31.2 Å². The number of hydrogen-bond donors (Lipinski definition) is 1. The van der Waals surface area contributed by atoms with Gasteiger partial charge >= 0.3 is 0 Å². The highest BCUT2D eigenvalue weighted by molar-refractivity contribution is 7.91. The molecule has 17 heavy (non-hydrogen) atoms. The molecular weight excluding hydrogens is 258 g/mol. The molecule has 96 valence electrons. The number of benzene rings is 1. The van der Waals surface area contributed by atoms with Crippen LogP contribution in [0.2, 0.25) is 5.02 Å². The summed E-state index contributed by atoms with van der Waals surface area (Å²) in [5.74, 6) is 0.161. The van der Waals surface area contributed by atoms with Crippen molar-refractivity contribution in [1.29, 1.82) is 0 Å². The summed E-state index contributed by atoms with van der Waals surface area (Å²) < 4.78 is 23.8. The average Bonchev–Trinajstić information content (AvgIpc) is 2.25. The Kier molecular flexibility index (Phi) is 5.43. The highest BCUT2D eigenvalue weighted by Gasteiger charge is 2.13. The Morgan fingerprint density at radius 1 is 1.24 bits per heavy atom. The first-order chi connectivity index (χ1) is 7.92. The molecule has 0 bridgehead atoms. The van der Waals surface area contributed by atoms with Gasteiger partial charge in [-0.25, -0.2) is 8.42 Å². The van der Waals surface area contributed by atoms with E-state index in [-0.39, 0.29) is 5.75 Å². The first kappa shape index (κ1) is 14.5. The average molecular weight is 276 g/mol. The molecule has 0 heterocycles. The van der Waals surface area contributed by atoms with Gasteiger partial charge in [0, 0.05) is 11.1 Å². The van der Waals surface area contributed by atoms with Gasteiger partial charge in [-0.3, -0.25) is 0 Å². The fourth-order valence-corrected chi connectivity index (χ4v) is 2.85. The molecule has 0 aliphatic heterocycles. The zero-order chi connectivity index (χ0) is 12.9. The molecule has 1 aromatic rings. The van der Waals surface area contributed by atoms with Crippen LogP contribution in [0, 0.1) is 0 Å². The lowest BCUT2D eigenvalue weighted by molar-refractivity contribution is 0.568. The molecule has 0 unspecified atom stereocenters. The lowest BCUT2D eigenvalue weighted by Gasteiger charge is -2.08. The summed E-state index contributed by atoms with van der Waals surface area (Å²) in [4.78, 5) is 0.339. The Bertz CT molecular complexity index is 440. The van der Waals surface area contributed by atoms with E-state index in [2.05, 4.69) is 5.32 Å². The van der Waals surface area contributed by atoms with E-state index >= 15 is 0 Å². The summed E-state index contributed by atoms with van der Waals surface area (Å²) in [5.41, 5.74) is 0. The summed E-state index contributed by atoms with van der Waals surface area (Å²) in [5, 5.41) is 3.74. The van der Waals surface area contributed by atoms with E-state index in [9.17, 15) is 8.42 Å². The molecule has 1 rings (SSSR count). The van der Waals surface area contributed by atoms with Crippen molar-refractivity contribution in [1.82, 2.24) is 5.32 Å². The minimum atomic E-state index is -3.17. The van der Waals surface area contributed by atoms with Crippen LogP contribution in [0.3, 0.4) is 0 Å². The predicted molar refractivity (Wildman–Crippen MR) is 71.3 cm³/mol. The molecular formula is C12H18ClNO2S. The van der Waals surface area contributed by atoms with Gasteiger partial charge in [0.15, 0.2) is 9.84 Å². The summed E-state index contributed by atoms with van der Waals surface area (Å²) in [6, 6.07) is 6.68. The summed E-state index contributed by atoms with van der Waals surface area (Å²) >= 11 is 5.72.